The second-order valence-electron chi connectivity index (χ2n) is 6.65. The van der Waals surface area contributed by atoms with Crippen molar-refractivity contribution in [2.24, 2.45) is 0 Å². The minimum Gasteiger partial charge on any atom is -0.376 e. The van der Waals surface area contributed by atoms with E-state index in [0.29, 0.717) is 30.0 Å². The minimum atomic E-state index is -0.535. The number of anilines is 1. The topological polar surface area (TPSA) is 84.7 Å². The molecule has 2 aliphatic rings. The first-order valence-electron chi connectivity index (χ1n) is 8.76. The standard InChI is InChI=1S/C19H18ClN3O4/c20-15-8-7-12(10-17(15)23(25)26)18-21-16-6-2-1-5-14(16)19(24)22(18)11-13-4-3-9-27-13/h1-2,5-8,10,13,18,21H,3-4,9,11H2/t13-,18-/m0/s1. The van der Waals surface area contributed by atoms with Crippen LogP contribution in [-0.2, 0) is 4.74 Å². The van der Waals surface area contributed by atoms with Gasteiger partial charge in [0.05, 0.1) is 16.6 Å². The third-order valence-corrected chi connectivity index (χ3v) is 5.25. The van der Waals surface area contributed by atoms with Crippen LogP contribution in [0.3, 0.4) is 0 Å². The van der Waals surface area contributed by atoms with Crippen molar-refractivity contribution in [1.82, 2.24) is 4.90 Å². The molecule has 2 atom stereocenters. The Labute approximate surface area is 161 Å². The molecule has 0 radical (unpaired) electrons. The number of amides is 1. The molecular weight excluding hydrogens is 370 g/mol. The fraction of sp³-hybridized carbons (Fsp3) is 0.316. The average Bonchev–Trinajstić information content (AvgIpc) is 3.17. The first-order valence-corrected chi connectivity index (χ1v) is 9.14. The van der Waals surface area contributed by atoms with Crippen LogP contribution >= 0.6 is 11.6 Å². The van der Waals surface area contributed by atoms with Crippen LogP contribution in [0.1, 0.15) is 34.9 Å². The monoisotopic (exact) mass is 387 g/mol. The molecule has 0 unspecified atom stereocenters. The zero-order valence-corrected chi connectivity index (χ0v) is 15.2. The van der Waals surface area contributed by atoms with Gasteiger partial charge in [-0.25, -0.2) is 0 Å². The van der Waals surface area contributed by atoms with Crippen LogP contribution in [0.25, 0.3) is 0 Å². The molecule has 4 rings (SSSR count). The summed E-state index contributed by atoms with van der Waals surface area (Å²) >= 11 is 5.95. The molecule has 1 N–H and O–H groups in total. The second kappa shape index (κ2) is 7.17. The zero-order chi connectivity index (χ0) is 19.0. The molecule has 0 aliphatic carbocycles. The molecule has 0 bridgehead atoms. The number of nitrogens with one attached hydrogen (secondary N) is 1. The summed E-state index contributed by atoms with van der Waals surface area (Å²) < 4.78 is 5.71. The maximum Gasteiger partial charge on any atom is 0.288 e. The van der Waals surface area contributed by atoms with Crippen LogP contribution in [0, 0.1) is 10.1 Å². The number of ether oxygens (including phenoxy) is 1. The Morgan fingerprint density at radius 1 is 1.30 bits per heavy atom. The SMILES string of the molecule is O=C1c2ccccc2N[C@H](c2ccc(Cl)c([N+](=O)[O-])c2)N1C[C@@H]1CCCO1. The van der Waals surface area contributed by atoms with Gasteiger partial charge in [-0.15, -0.1) is 0 Å². The fourth-order valence-electron chi connectivity index (χ4n) is 3.59. The van der Waals surface area contributed by atoms with Crippen molar-refractivity contribution in [2.75, 3.05) is 18.5 Å². The lowest BCUT2D eigenvalue weighted by Gasteiger charge is -2.39. The van der Waals surface area contributed by atoms with E-state index >= 15 is 0 Å². The van der Waals surface area contributed by atoms with Crippen molar-refractivity contribution in [1.29, 1.82) is 0 Å². The van der Waals surface area contributed by atoms with Gasteiger partial charge in [0.2, 0.25) is 0 Å². The summed E-state index contributed by atoms with van der Waals surface area (Å²) in [5, 5.41) is 14.7. The number of hydrogen-bond donors (Lipinski definition) is 1. The summed E-state index contributed by atoms with van der Waals surface area (Å²) in [6, 6.07) is 11.9. The van der Waals surface area contributed by atoms with E-state index in [4.69, 9.17) is 16.3 Å². The number of halogens is 1. The quantitative estimate of drug-likeness (QED) is 0.633. The number of nitrogens with zero attached hydrogens (tertiary/aromatic N) is 2. The molecular formula is C19H18ClN3O4. The van der Waals surface area contributed by atoms with Gasteiger partial charge in [0.25, 0.3) is 11.6 Å². The van der Waals surface area contributed by atoms with Gasteiger partial charge >= 0.3 is 0 Å². The van der Waals surface area contributed by atoms with Gasteiger partial charge in [-0.2, -0.15) is 0 Å². The zero-order valence-electron chi connectivity index (χ0n) is 14.4. The van der Waals surface area contributed by atoms with Crippen molar-refractivity contribution in [3.05, 3.63) is 68.7 Å². The predicted molar refractivity (Wildman–Crippen MR) is 101 cm³/mol. The Balaban J connectivity index is 1.74. The van der Waals surface area contributed by atoms with E-state index in [1.165, 1.54) is 12.1 Å². The molecule has 27 heavy (non-hydrogen) atoms. The van der Waals surface area contributed by atoms with Gasteiger partial charge < -0.3 is 15.0 Å². The lowest BCUT2D eigenvalue weighted by atomic mass is 10.0. The van der Waals surface area contributed by atoms with Crippen LogP contribution in [-0.4, -0.2) is 35.0 Å². The van der Waals surface area contributed by atoms with Crippen LogP contribution in [0.4, 0.5) is 11.4 Å². The van der Waals surface area contributed by atoms with Crippen LogP contribution in [0.15, 0.2) is 42.5 Å². The van der Waals surface area contributed by atoms with Crippen LogP contribution in [0.5, 0.6) is 0 Å². The summed E-state index contributed by atoms with van der Waals surface area (Å²) in [7, 11) is 0. The highest BCUT2D eigenvalue weighted by atomic mass is 35.5. The van der Waals surface area contributed by atoms with E-state index in [1.807, 2.05) is 18.2 Å². The molecule has 2 aromatic carbocycles. The number of rotatable bonds is 4. The summed E-state index contributed by atoms with van der Waals surface area (Å²) in [5.74, 6) is -0.123. The number of benzene rings is 2. The van der Waals surface area contributed by atoms with Crippen molar-refractivity contribution in [2.45, 2.75) is 25.1 Å². The number of carbonyl (C=O) groups is 1. The summed E-state index contributed by atoms with van der Waals surface area (Å²) in [6.45, 7) is 1.11. The van der Waals surface area contributed by atoms with E-state index in [1.54, 1.807) is 17.0 Å². The van der Waals surface area contributed by atoms with Crippen LogP contribution < -0.4 is 5.32 Å². The smallest absolute Gasteiger partial charge is 0.288 e. The molecule has 7 nitrogen and oxygen atoms in total. The van der Waals surface area contributed by atoms with E-state index in [-0.39, 0.29) is 22.7 Å². The van der Waals surface area contributed by atoms with Crippen molar-refractivity contribution in [3.8, 4) is 0 Å². The molecule has 8 heteroatoms. The lowest BCUT2D eigenvalue weighted by molar-refractivity contribution is -0.384. The van der Waals surface area contributed by atoms with Gasteiger partial charge in [-0.1, -0.05) is 29.8 Å². The number of para-hydroxylation sites is 1. The Hall–Kier alpha value is -2.64. The van der Waals surface area contributed by atoms with E-state index in [0.717, 1.165) is 12.8 Å². The molecule has 0 spiro atoms. The maximum atomic E-state index is 13.1. The predicted octanol–water partition coefficient (Wildman–Crippen LogP) is 3.99. The van der Waals surface area contributed by atoms with Crippen LogP contribution in [0.2, 0.25) is 5.02 Å². The summed E-state index contributed by atoms with van der Waals surface area (Å²) in [6.07, 6.45) is 1.28. The number of carbonyl (C=O) groups excluding carboxylic acids is 1. The molecule has 0 aromatic heterocycles. The fourth-order valence-corrected chi connectivity index (χ4v) is 3.78. The molecule has 1 saturated heterocycles. The van der Waals surface area contributed by atoms with Gasteiger partial charge in [0.15, 0.2) is 0 Å². The Morgan fingerprint density at radius 3 is 2.85 bits per heavy atom. The molecule has 1 amide bonds. The average molecular weight is 388 g/mol. The summed E-state index contributed by atoms with van der Waals surface area (Å²) in [4.78, 5) is 25.6. The Morgan fingerprint density at radius 2 is 2.11 bits per heavy atom. The number of fused-ring (bicyclic) bond motifs is 1. The molecule has 0 saturated carbocycles. The van der Waals surface area contributed by atoms with Crippen molar-refractivity contribution in [3.63, 3.8) is 0 Å². The molecule has 2 aliphatic heterocycles. The van der Waals surface area contributed by atoms with Gasteiger partial charge in [0.1, 0.15) is 11.2 Å². The second-order valence-corrected chi connectivity index (χ2v) is 7.06. The summed E-state index contributed by atoms with van der Waals surface area (Å²) in [5.41, 5.74) is 1.70. The van der Waals surface area contributed by atoms with Crippen molar-refractivity contribution >= 4 is 28.9 Å². The third kappa shape index (κ3) is 3.36. The van der Waals surface area contributed by atoms with Gasteiger partial charge in [-0.3, -0.25) is 14.9 Å². The molecule has 2 heterocycles. The third-order valence-electron chi connectivity index (χ3n) is 4.93. The molecule has 140 valence electrons. The highest BCUT2D eigenvalue weighted by Gasteiger charge is 2.35. The largest absolute Gasteiger partial charge is 0.376 e. The van der Waals surface area contributed by atoms with E-state index in [9.17, 15) is 14.9 Å². The Bertz CT molecular complexity index is 898. The highest BCUT2D eigenvalue weighted by Crippen LogP contribution is 2.36. The minimum absolute atomic E-state index is 0.0363. The first-order chi connectivity index (χ1) is 13.0. The normalized spacial score (nSPS) is 21.7. The molecule has 1 fully saturated rings. The number of hydrogen-bond acceptors (Lipinski definition) is 5. The first kappa shape index (κ1) is 17.8. The van der Waals surface area contributed by atoms with Crippen molar-refractivity contribution < 1.29 is 14.5 Å². The number of nitro groups is 1. The van der Waals surface area contributed by atoms with Gasteiger partial charge in [0, 0.05) is 30.5 Å². The maximum absolute atomic E-state index is 13.1. The lowest BCUT2D eigenvalue weighted by Crippen LogP contribution is -2.46. The van der Waals surface area contributed by atoms with E-state index < -0.39 is 11.1 Å². The number of nitro benzene ring substituents is 1. The Kier molecular flexibility index (Phi) is 4.72. The highest BCUT2D eigenvalue weighted by molar-refractivity contribution is 6.32. The van der Waals surface area contributed by atoms with E-state index in [2.05, 4.69) is 5.32 Å². The molecule has 2 aromatic rings. The van der Waals surface area contributed by atoms with Gasteiger partial charge in [-0.05, 0) is 31.0 Å².